The summed E-state index contributed by atoms with van der Waals surface area (Å²) in [5, 5.41) is 9.42. The van der Waals surface area contributed by atoms with Crippen molar-refractivity contribution in [2.75, 3.05) is 4.72 Å². The Morgan fingerprint density at radius 3 is 2.88 bits per heavy atom. The first-order valence-electron chi connectivity index (χ1n) is 7.87. The zero-order valence-electron chi connectivity index (χ0n) is 13.5. The molecule has 0 aromatic carbocycles. The number of nitrogens with zero attached hydrogens (tertiary/aromatic N) is 5. The molecule has 3 heterocycles. The van der Waals surface area contributed by atoms with Gasteiger partial charge in [0.15, 0.2) is 10.7 Å². The minimum absolute atomic E-state index is 0.195. The fraction of sp³-hybridized carbons (Fsp3) is 0.400. The first-order valence-corrected chi connectivity index (χ1v) is 9.35. The Kier molecular flexibility index (Phi) is 3.34. The van der Waals surface area contributed by atoms with Crippen molar-refractivity contribution in [3.05, 3.63) is 30.2 Å². The summed E-state index contributed by atoms with van der Waals surface area (Å²) < 4.78 is 31.5. The van der Waals surface area contributed by atoms with Gasteiger partial charge >= 0.3 is 0 Å². The molecule has 126 valence electrons. The lowest BCUT2D eigenvalue weighted by atomic mass is 10.3. The SMILES string of the molecule is CCn1nc(C2CC2)cc1S(=O)(=O)Nc1ccnc2c1cnn2C. The van der Waals surface area contributed by atoms with Gasteiger partial charge in [-0.05, 0) is 25.8 Å². The summed E-state index contributed by atoms with van der Waals surface area (Å²) in [6.45, 7) is 2.38. The van der Waals surface area contributed by atoms with E-state index < -0.39 is 10.0 Å². The Hall–Kier alpha value is -2.42. The zero-order chi connectivity index (χ0) is 16.9. The first-order chi connectivity index (χ1) is 11.5. The third-order valence-corrected chi connectivity index (χ3v) is 5.58. The summed E-state index contributed by atoms with van der Waals surface area (Å²) >= 11 is 0. The van der Waals surface area contributed by atoms with Crippen molar-refractivity contribution in [3.63, 3.8) is 0 Å². The summed E-state index contributed by atoms with van der Waals surface area (Å²) in [5.41, 5.74) is 1.95. The summed E-state index contributed by atoms with van der Waals surface area (Å²) in [6.07, 6.45) is 5.32. The molecule has 3 aromatic heterocycles. The lowest BCUT2D eigenvalue weighted by Gasteiger charge is -2.09. The van der Waals surface area contributed by atoms with Crippen molar-refractivity contribution in [2.24, 2.45) is 7.05 Å². The molecule has 0 saturated heterocycles. The van der Waals surface area contributed by atoms with E-state index in [0.29, 0.717) is 29.2 Å². The number of nitrogens with one attached hydrogen (secondary N) is 1. The summed E-state index contributed by atoms with van der Waals surface area (Å²) in [5.74, 6) is 0.401. The monoisotopic (exact) mass is 346 g/mol. The Bertz CT molecular complexity index is 1020. The maximum Gasteiger partial charge on any atom is 0.279 e. The number of aryl methyl sites for hydroxylation is 2. The maximum absolute atomic E-state index is 12.9. The van der Waals surface area contributed by atoms with Crippen LogP contribution in [0.3, 0.4) is 0 Å². The second-order valence-electron chi connectivity index (χ2n) is 5.97. The van der Waals surface area contributed by atoms with E-state index >= 15 is 0 Å². The van der Waals surface area contributed by atoms with Crippen LogP contribution in [0.4, 0.5) is 5.69 Å². The van der Waals surface area contributed by atoms with Crippen molar-refractivity contribution < 1.29 is 8.42 Å². The van der Waals surface area contributed by atoms with Crippen molar-refractivity contribution in [1.82, 2.24) is 24.5 Å². The lowest BCUT2D eigenvalue weighted by Crippen LogP contribution is -2.18. The van der Waals surface area contributed by atoms with Crippen LogP contribution in [-0.4, -0.2) is 33.0 Å². The average molecular weight is 346 g/mol. The van der Waals surface area contributed by atoms with Crippen LogP contribution in [0.15, 0.2) is 29.6 Å². The van der Waals surface area contributed by atoms with Gasteiger partial charge in [-0.3, -0.25) is 14.1 Å². The number of pyridine rings is 1. The van der Waals surface area contributed by atoms with Crippen molar-refractivity contribution in [3.8, 4) is 0 Å². The van der Waals surface area contributed by atoms with Gasteiger partial charge in [0.05, 0.1) is 23.0 Å². The second kappa shape index (κ2) is 5.30. The van der Waals surface area contributed by atoms with Crippen LogP contribution < -0.4 is 4.72 Å². The molecular weight excluding hydrogens is 328 g/mol. The van der Waals surface area contributed by atoms with Crippen LogP contribution in [-0.2, 0) is 23.6 Å². The van der Waals surface area contributed by atoms with Gasteiger partial charge in [0, 0.05) is 31.8 Å². The molecule has 1 N–H and O–H groups in total. The van der Waals surface area contributed by atoms with Gasteiger partial charge in [-0.2, -0.15) is 18.6 Å². The highest BCUT2D eigenvalue weighted by atomic mass is 32.2. The van der Waals surface area contributed by atoms with Crippen LogP contribution in [0.25, 0.3) is 11.0 Å². The summed E-state index contributed by atoms with van der Waals surface area (Å²) in [7, 11) is -1.97. The van der Waals surface area contributed by atoms with Gasteiger partial charge in [0.25, 0.3) is 10.0 Å². The van der Waals surface area contributed by atoms with E-state index in [1.54, 1.807) is 36.3 Å². The zero-order valence-corrected chi connectivity index (χ0v) is 14.3. The molecule has 3 aromatic rings. The maximum atomic E-state index is 12.9. The molecule has 0 bridgehead atoms. The van der Waals surface area contributed by atoms with Gasteiger partial charge in [-0.1, -0.05) is 0 Å². The van der Waals surface area contributed by atoms with Crippen LogP contribution in [0.2, 0.25) is 0 Å². The first kappa shape index (κ1) is 15.1. The van der Waals surface area contributed by atoms with E-state index in [0.717, 1.165) is 18.5 Å². The van der Waals surface area contributed by atoms with Gasteiger partial charge in [-0.25, -0.2) is 4.98 Å². The van der Waals surface area contributed by atoms with E-state index in [1.165, 1.54) is 4.68 Å². The standard InChI is InChI=1S/C15H18N6O2S/c1-3-21-14(8-13(18-21)10-4-5-10)24(22,23)19-12-6-7-16-15-11(12)9-17-20(15)2/h6-10H,3-5H2,1-2H3,(H,16,19). The molecule has 1 aliphatic carbocycles. The molecule has 0 spiro atoms. The Labute approximate surface area is 139 Å². The molecular formula is C15H18N6O2S. The predicted molar refractivity (Wildman–Crippen MR) is 89.2 cm³/mol. The molecule has 8 nitrogen and oxygen atoms in total. The number of sulfonamides is 1. The molecule has 0 aliphatic heterocycles. The predicted octanol–water partition coefficient (Wildman–Crippen LogP) is 1.86. The molecule has 9 heteroatoms. The van der Waals surface area contributed by atoms with Crippen molar-refractivity contribution >= 4 is 26.7 Å². The highest BCUT2D eigenvalue weighted by Crippen LogP contribution is 2.40. The van der Waals surface area contributed by atoms with Crippen LogP contribution in [0, 0.1) is 0 Å². The van der Waals surface area contributed by atoms with Gasteiger partial charge in [0.2, 0.25) is 0 Å². The number of rotatable bonds is 5. The highest BCUT2D eigenvalue weighted by Gasteiger charge is 2.30. The molecule has 0 amide bonds. The molecule has 1 fully saturated rings. The Balaban J connectivity index is 1.75. The van der Waals surface area contributed by atoms with E-state index in [-0.39, 0.29) is 5.03 Å². The summed E-state index contributed by atoms with van der Waals surface area (Å²) in [4.78, 5) is 4.22. The van der Waals surface area contributed by atoms with E-state index in [1.807, 2.05) is 6.92 Å². The normalized spacial score (nSPS) is 15.1. The average Bonchev–Trinajstić information content (AvgIpc) is 3.19. The minimum Gasteiger partial charge on any atom is -0.277 e. The van der Waals surface area contributed by atoms with Gasteiger partial charge in [-0.15, -0.1) is 0 Å². The Morgan fingerprint density at radius 1 is 1.38 bits per heavy atom. The van der Waals surface area contributed by atoms with Crippen LogP contribution >= 0.6 is 0 Å². The van der Waals surface area contributed by atoms with Gasteiger partial charge < -0.3 is 0 Å². The highest BCUT2D eigenvalue weighted by molar-refractivity contribution is 7.92. The smallest absolute Gasteiger partial charge is 0.277 e. The molecule has 1 aliphatic rings. The lowest BCUT2D eigenvalue weighted by molar-refractivity contribution is 0.555. The van der Waals surface area contributed by atoms with Crippen molar-refractivity contribution in [1.29, 1.82) is 0 Å². The van der Waals surface area contributed by atoms with Crippen molar-refractivity contribution in [2.45, 2.75) is 37.3 Å². The fourth-order valence-corrected chi connectivity index (χ4v) is 4.07. The molecule has 0 unspecified atom stereocenters. The van der Waals surface area contributed by atoms with Gasteiger partial charge in [0.1, 0.15) is 0 Å². The van der Waals surface area contributed by atoms with E-state index in [4.69, 9.17) is 0 Å². The fourth-order valence-electron chi connectivity index (χ4n) is 2.77. The molecule has 0 radical (unpaired) electrons. The summed E-state index contributed by atoms with van der Waals surface area (Å²) in [6, 6.07) is 3.32. The molecule has 0 atom stereocenters. The topological polar surface area (TPSA) is 94.7 Å². The number of aromatic nitrogens is 5. The minimum atomic E-state index is -3.74. The largest absolute Gasteiger partial charge is 0.279 e. The van der Waals surface area contributed by atoms with E-state index in [2.05, 4.69) is 19.9 Å². The number of hydrogen-bond donors (Lipinski definition) is 1. The van der Waals surface area contributed by atoms with Crippen LogP contribution in [0.1, 0.15) is 31.4 Å². The van der Waals surface area contributed by atoms with E-state index in [9.17, 15) is 8.42 Å². The molecule has 4 rings (SSSR count). The molecule has 1 saturated carbocycles. The third-order valence-electron chi connectivity index (χ3n) is 4.21. The molecule has 24 heavy (non-hydrogen) atoms. The number of anilines is 1. The Morgan fingerprint density at radius 2 is 2.17 bits per heavy atom. The number of fused-ring (bicyclic) bond motifs is 1. The second-order valence-corrected chi connectivity index (χ2v) is 7.60. The van der Waals surface area contributed by atoms with Crippen LogP contribution in [0.5, 0.6) is 0 Å². The quantitative estimate of drug-likeness (QED) is 0.761. The third kappa shape index (κ3) is 2.44. The number of hydrogen-bond acceptors (Lipinski definition) is 5.